The molecule has 1 nitrogen and oxygen atoms in total. The van der Waals surface area contributed by atoms with E-state index in [1.807, 2.05) is 68.8 Å². The first-order valence-corrected chi connectivity index (χ1v) is 8.99. The molecule has 0 bridgehead atoms. The number of benzene rings is 2. The van der Waals surface area contributed by atoms with Crippen LogP contribution in [0.2, 0.25) is 0 Å². The molecule has 0 saturated carbocycles. The van der Waals surface area contributed by atoms with E-state index in [-0.39, 0.29) is 0 Å². The Labute approximate surface area is 163 Å². The molecule has 0 radical (unpaired) electrons. The average Bonchev–Trinajstić information content (AvgIpc) is 2.71. The number of hydrogen-bond acceptors (Lipinski definition) is 1. The average molecular weight is 354 g/mol. The normalized spacial score (nSPS) is 11.3. The van der Waals surface area contributed by atoms with Crippen LogP contribution in [0, 0.1) is 0 Å². The first-order valence-electron chi connectivity index (χ1n) is 8.99. The van der Waals surface area contributed by atoms with Gasteiger partial charge in [0.2, 0.25) is 0 Å². The van der Waals surface area contributed by atoms with Gasteiger partial charge in [0.15, 0.2) is 0 Å². The maximum Gasteiger partial charge on any atom is 0.00277 e. The fraction of sp³-hybridized carbons (Fsp3) is 0.0769. The lowest BCUT2D eigenvalue weighted by atomic mass is 9.88. The second kappa shape index (κ2) is 9.98. The largest absolute Gasteiger partial charge is 0.394 e. The lowest BCUT2D eigenvalue weighted by molar-refractivity contribution is 1.10. The fourth-order valence-electron chi connectivity index (χ4n) is 2.81. The SMILES string of the molecule is C=C(/C=C\NC)C(=C)c1ccccc1-c1ccccc1C(=C)/C=C\C=C\C. The Hall–Kier alpha value is -3.32. The van der Waals surface area contributed by atoms with Gasteiger partial charge in [0.25, 0.3) is 0 Å². The Balaban J connectivity index is 2.52. The smallest absolute Gasteiger partial charge is 0.00277 e. The molecule has 0 atom stereocenters. The molecular formula is C26H27N. The third kappa shape index (κ3) is 5.08. The number of rotatable bonds is 8. The van der Waals surface area contributed by atoms with Crippen molar-refractivity contribution in [2.24, 2.45) is 0 Å². The zero-order valence-corrected chi connectivity index (χ0v) is 16.2. The Kier molecular flexibility index (Phi) is 7.39. The summed E-state index contributed by atoms with van der Waals surface area (Å²) in [6.45, 7) is 14.7. The third-order valence-corrected chi connectivity index (χ3v) is 4.26. The minimum absolute atomic E-state index is 0.876. The van der Waals surface area contributed by atoms with Crippen molar-refractivity contribution in [2.45, 2.75) is 6.92 Å². The zero-order chi connectivity index (χ0) is 19.6. The molecule has 0 amide bonds. The number of hydrogen-bond donors (Lipinski definition) is 1. The summed E-state index contributed by atoms with van der Waals surface area (Å²) in [5.74, 6) is 0. The van der Waals surface area contributed by atoms with Crippen LogP contribution >= 0.6 is 0 Å². The summed E-state index contributed by atoms with van der Waals surface area (Å²) in [7, 11) is 1.86. The standard InChI is InChI=1S/C26H27N/c1-6-7-8-13-21(3)23-14-9-11-16-25(23)26-17-12-10-15-24(26)22(4)20(2)18-19-27-5/h6-19,27H,2-4H2,1,5H3/b7-6+,13-8-,19-18-. The molecule has 0 aromatic heterocycles. The van der Waals surface area contributed by atoms with Crippen molar-refractivity contribution in [3.63, 3.8) is 0 Å². The second-order valence-corrected chi connectivity index (χ2v) is 6.13. The van der Waals surface area contributed by atoms with Crippen LogP contribution in [0.1, 0.15) is 18.1 Å². The van der Waals surface area contributed by atoms with Gasteiger partial charge >= 0.3 is 0 Å². The molecule has 0 unspecified atom stereocenters. The minimum atomic E-state index is 0.876. The lowest BCUT2D eigenvalue weighted by Crippen LogP contribution is -1.95. The Bertz CT molecular complexity index is 923. The maximum absolute atomic E-state index is 4.28. The van der Waals surface area contributed by atoms with Gasteiger partial charge in [-0.1, -0.05) is 92.6 Å². The molecule has 136 valence electrons. The fourth-order valence-corrected chi connectivity index (χ4v) is 2.81. The highest BCUT2D eigenvalue weighted by Crippen LogP contribution is 2.35. The summed E-state index contributed by atoms with van der Waals surface area (Å²) in [5, 5.41) is 2.99. The molecule has 0 heterocycles. The molecule has 2 rings (SSSR count). The van der Waals surface area contributed by atoms with E-state index in [9.17, 15) is 0 Å². The van der Waals surface area contributed by atoms with E-state index >= 15 is 0 Å². The molecule has 2 aromatic carbocycles. The van der Waals surface area contributed by atoms with E-state index in [0.29, 0.717) is 0 Å². The van der Waals surface area contributed by atoms with Crippen LogP contribution in [0.4, 0.5) is 0 Å². The van der Waals surface area contributed by atoms with Crippen molar-refractivity contribution in [3.05, 3.63) is 122 Å². The maximum atomic E-state index is 4.28. The highest BCUT2D eigenvalue weighted by atomic mass is 14.8. The van der Waals surface area contributed by atoms with Crippen molar-refractivity contribution in [2.75, 3.05) is 7.05 Å². The van der Waals surface area contributed by atoms with Gasteiger partial charge in [-0.3, -0.25) is 0 Å². The van der Waals surface area contributed by atoms with Gasteiger partial charge < -0.3 is 5.32 Å². The molecule has 0 fully saturated rings. The van der Waals surface area contributed by atoms with E-state index in [0.717, 1.165) is 39.0 Å². The topological polar surface area (TPSA) is 12.0 Å². The second-order valence-electron chi connectivity index (χ2n) is 6.13. The van der Waals surface area contributed by atoms with Gasteiger partial charge in [0.05, 0.1) is 0 Å². The van der Waals surface area contributed by atoms with Crippen molar-refractivity contribution < 1.29 is 0 Å². The van der Waals surface area contributed by atoms with Gasteiger partial charge in [-0.2, -0.15) is 0 Å². The predicted octanol–water partition coefficient (Wildman–Crippen LogP) is 6.80. The number of allylic oxidation sites excluding steroid dienone is 8. The highest BCUT2D eigenvalue weighted by Gasteiger charge is 2.12. The molecule has 0 spiro atoms. The molecule has 0 aliphatic heterocycles. The van der Waals surface area contributed by atoms with E-state index < -0.39 is 0 Å². The first kappa shape index (κ1) is 20.0. The molecule has 1 N–H and O–H groups in total. The van der Waals surface area contributed by atoms with Crippen molar-refractivity contribution in [1.29, 1.82) is 0 Å². The summed E-state index contributed by atoms with van der Waals surface area (Å²) in [4.78, 5) is 0. The van der Waals surface area contributed by atoms with Crippen LogP contribution in [0.5, 0.6) is 0 Å². The van der Waals surface area contributed by atoms with Crippen LogP contribution in [0.25, 0.3) is 22.3 Å². The molecule has 0 aliphatic carbocycles. The Morgan fingerprint density at radius 2 is 1.41 bits per heavy atom. The molecular weight excluding hydrogens is 326 g/mol. The van der Waals surface area contributed by atoms with E-state index in [2.05, 4.69) is 55.4 Å². The quantitative estimate of drug-likeness (QED) is 0.514. The zero-order valence-electron chi connectivity index (χ0n) is 16.2. The Morgan fingerprint density at radius 1 is 0.815 bits per heavy atom. The van der Waals surface area contributed by atoms with Crippen LogP contribution in [-0.4, -0.2) is 7.05 Å². The van der Waals surface area contributed by atoms with E-state index in [1.165, 1.54) is 0 Å². The molecule has 1 heteroatoms. The molecule has 2 aromatic rings. The van der Waals surface area contributed by atoms with E-state index in [1.54, 1.807) is 0 Å². The highest BCUT2D eigenvalue weighted by molar-refractivity contribution is 5.93. The molecule has 0 aliphatic rings. The van der Waals surface area contributed by atoms with Crippen LogP contribution < -0.4 is 5.32 Å². The summed E-state index contributed by atoms with van der Waals surface area (Å²) in [5.41, 5.74) is 7.18. The van der Waals surface area contributed by atoms with Crippen LogP contribution in [0.3, 0.4) is 0 Å². The molecule has 0 saturated heterocycles. The summed E-state index contributed by atoms with van der Waals surface area (Å²) in [6.07, 6.45) is 11.8. The summed E-state index contributed by atoms with van der Waals surface area (Å²) in [6, 6.07) is 16.6. The summed E-state index contributed by atoms with van der Waals surface area (Å²) >= 11 is 0. The van der Waals surface area contributed by atoms with Gasteiger partial charge in [-0.25, -0.2) is 0 Å². The first-order chi connectivity index (χ1) is 13.1. The third-order valence-electron chi connectivity index (χ3n) is 4.26. The van der Waals surface area contributed by atoms with E-state index in [4.69, 9.17) is 0 Å². The Morgan fingerprint density at radius 3 is 2.04 bits per heavy atom. The van der Waals surface area contributed by atoms with Crippen molar-refractivity contribution >= 4 is 11.1 Å². The minimum Gasteiger partial charge on any atom is -0.394 e. The van der Waals surface area contributed by atoms with Crippen LogP contribution in [-0.2, 0) is 0 Å². The van der Waals surface area contributed by atoms with Gasteiger partial charge in [-0.05, 0) is 58.2 Å². The van der Waals surface area contributed by atoms with Crippen molar-refractivity contribution in [1.82, 2.24) is 5.32 Å². The van der Waals surface area contributed by atoms with Crippen molar-refractivity contribution in [3.8, 4) is 11.1 Å². The van der Waals surface area contributed by atoms with Gasteiger partial charge in [0, 0.05) is 7.05 Å². The monoisotopic (exact) mass is 353 g/mol. The lowest BCUT2D eigenvalue weighted by Gasteiger charge is -2.16. The number of nitrogens with one attached hydrogen (secondary N) is 1. The van der Waals surface area contributed by atoms with Gasteiger partial charge in [-0.15, -0.1) is 0 Å². The van der Waals surface area contributed by atoms with Gasteiger partial charge in [0.1, 0.15) is 0 Å². The van der Waals surface area contributed by atoms with Crippen LogP contribution in [0.15, 0.2) is 110 Å². The molecule has 27 heavy (non-hydrogen) atoms. The predicted molar refractivity (Wildman–Crippen MR) is 121 cm³/mol. The summed E-state index contributed by atoms with van der Waals surface area (Å²) < 4.78 is 0.